The molecule has 0 aromatic heterocycles. The van der Waals surface area contributed by atoms with Crippen LogP contribution in [-0.2, 0) is 10.0 Å². The van der Waals surface area contributed by atoms with E-state index in [4.69, 9.17) is 0 Å². The first-order valence-corrected chi connectivity index (χ1v) is 9.65. The van der Waals surface area contributed by atoms with E-state index in [0.29, 0.717) is 0 Å². The maximum atomic E-state index is 12.9. The molecular weight excluding hydrogens is 330 g/mol. The van der Waals surface area contributed by atoms with Gasteiger partial charge in [-0.2, -0.15) is 4.72 Å². The van der Waals surface area contributed by atoms with E-state index in [2.05, 4.69) is 4.72 Å². The van der Waals surface area contributed by atoms with Crippen LogP contribution in [0.4, 0.5) is 0 Å². The van der Waals surface area contributed by atoms with Crippen molar-refractivity contribution in [3.8, 4) is 0 Å². The molecule has 3 nitrogen and oxygen atoms in total. The quantitative estimate of drug-likeness (QED) is 0.742. The molecule has 0 saturated heterocycles. The van der Waals surface area contributed by atoms with Crippen LogP contribution in [0.5, 0.6) is 0 Å². The molecule has 128 valence electrons. The summed E-state index contributed by atoms with van der Waals surface area (Å²) in [4.78, 5) is 0.285. The average Bonchev–Trinajstić information content (AvgIpc) is 2.63. The second-order valence-electron chi connectivity index (χ2n) is 6.12. The first kappa shape index (κ1) is 17.4. The summed E-state index contributed by atoms with van der Waals surface area (Å²) < 4.78 is 28.7. The normalized spacial score (nSPS) is 11.6. The Bertz CT molecular complexity index is 912. The van der Waals surface area contributed by atoms with E-state index in [9.17, 15) is 8.42 Å². The van der Waals surface area contributed by atoms with E-state index >= 15 is 0 Å². The third-order valence-corrected chi connectivity index (χ3v) is 5.75. The summed E-state index contributed by atoms with van der Waals surface area (Å²) in [6.07, 6.45) is 0. The van der Waals surface area contributed by atoms with Gasteiger partial charge in [-0.05, 0) is 48.2 Å². The number of benzene rings is 3. The maximum Gasteiger partial charge on any atom is 0.241 e. The van der Waals surface area contributed by atoms with Crippen molar-refractivity contribution in [1.29, 1.82) is 0 Å². The molecular formula is C21H21NO2S. The minimum Gasteiger partial charge on any atom is -0.207 e. The van der Waals surface area contributed by atoms with Gasteiger partial charge in [-0.25, -0.2) is 8.42 Å². The first-order chi connectivity index (χ1) is 12.0. The van der Waals surface area contributed by atoms with Crippen LogP contribution < -0.4 is 4.72 Å². The molecule has 3 aromatic carbocycles. The Morgan fingerprint density at radius 1 is 0.720 bits per heavy atom. The van der Waals surface area contributed by atoms with E-state index in [1.807, 2.05) is 80.6 Å². The topological polar surface area (TPSA) is 46.2 Å². The van der Waals surface area contributed by atoms with Crippen molar-refractivity contribution in [2.45, 2.75) is 24.8 Å². The van der Waals surface area contributed by atoms with Crippen molar-refractivity contribution in [1.82, 2.24) is 4.72 Å². The van der Waals surface area contributed by atoms with Crippen molar-refractivity contribution in [3.63, 3.8) is 0 Å². The molecule has 0 atom stereocenters. The summed E-state index contributed by atoms with van der Waals surface area (Å²) in [6.45, 7) is 3.89. The number of aryl methyl sites for hydroxylation is 2. The predicted molar refractivity (Wildman–Crippen MR) is 101 cm³/mol. The van der Waals surface area contributed by atoms with Crippen molar-refractivity contribution < 1.29 is 8.42 Å². The number of hydrogen-bond acceptors (Lipinski definition) is 2. The fourth-order valence-electron chi connectivity index (χ4n) is 2.72. The number of rotatable bonds is 5. The fraction of sp³-hybridized carbons (Fsp3) is 0.143. The smallest absolute Gasteiger partial charge is 0.207 e. The van der Waals surface area contributed by atoms with Crippen LogP contribution in [0, 0.1) is 13.8 Å². The average molecular weight is 351 g/mol. The lowest BCUT2D eigenvalue weighted by atomic mass is 10.00. The van der Waals surface area contributed by atoms with Gasteiger partial charge in [-0.1, -0.05) is 66.7 Å². The van der Waals surface area contributed by atoms with Gasteiger partial charge in [0.2, 0.25) is 10.0 Å². The van der Waals surface area contributed by atoms with E-state index < -0.39 is 16.1 Å². The van der Waals surface area contributed by atoms with E-state index in [-0.39, 0.29) is 4.90 Å². The molecule has 1 N–H and O–H groups in total. The molecule has 0 radical (unpaired) electrons. The fourth-order valence-corrected chi connectivity index (χ4v) is 4.02. The first-order valence-electron chi connectivity index (χ1n) is 8.17. The van der Waals surface area contributed by atoms with Gasteiger partial charge in [-0.15, -0.1) is 0 Å². The van der Waals surface area contributed by atoms with Crippen molar-refractivity contribution in [3.05, 3.63) is 101 Å². The third-order valence-electron chi connectivity index (χ3n) is 4.33. The zero-order valence-electron chi connectivity index (χ0n) is 14.3. The standard InChI is InChI=1S/C21H21NO2S/c1-16-13-14-20(15-17(16)2)25(23,24)22-21(18-9-5-3-6-10-18)19-11-7-4-8-12-19/h3-15,21-22H,1-2H3. The summed E-state index contributed by atoms with van der Waals surface area (Å²) in [7, 11) is -3.65. The minimum absolute atomic E-state index is 0.285. The lowest BCUT2D eigenvalue weighted by Crippen LogP contribution is -2.29. The Balaban J connectivity index is 2.01. The summed E-state index contributed by atoms with van der Waals surface area (Å²) >= 11 is 0. The molecule has 0 spiro atoms. The number of sulfonamides is 1. The summed E-state index contributed by atoms with van der Waals surface area (Å²) in [5.74, 6) is 0. The van der Waals surface area contributed by atoms with Gasteiger partial charge in [0.25, 0.3) is 0 Å². The van der Waals surface area contributed by atoms with Crippen LogP contribution >= 0.6 is 0 Å². The number of nitrogens with one attached hydrogen (secondary N) is 1. The number of hydrogen-bond donors (Lipinski definition) is 1. The molecule has 0 unspecified atom stereocenters. The monoisotopic (exact) mass is 351 g/mol. The van der Waals surface area contributed by atoms with Crippen LogP contribution in [-0.4, -0.2) is 8.42 Å². The molecule has 0 saturated carbocycles. The highest BCUT2D eigenvalue weighted by molar-refractivity contribution is 7.89. The van der Waals surface area contributed by atoms with Gasteiger partial charge in [0.15, 0.2) is 0 Å². The molecule has 0 aliphatic heterocycles. The molecule has 3 aromatic rings. The van der Waals surface area contributed by atoms with E-state index in [1.54, 1.807) is 12.1 Å². The lowest BCUT2D eigenvalue weighted by molar-refractivity contribution is 0.572. The van der Waals surface area contributed by atoms with Crippen LogP contribution in [0.3, 0.4) is 0 Å². The summed E-state index contributed by atoms with van der Waals surface area (Å²) in [5, 5.41) is 0. The second-order valence-corrected chi connectivity index (χ2v) is 7.84. The minimum atomic E-state index is -3.65. The van der Waals surface area contributed by atoms with Crippen LogP contribution in [0.1, 0.15) is 28.3 Å². The highest BCUT2D eigenvalue weighted by atomic mass is 32.2. The Morgan fingerprint density at radius 2 is 1.24 bits per heavy atom. The Hall–Kier alpha value is -2.43. The Morgan fingerprint density at radius 3 is 1.72 bits per heavy atom. The van der Waals surface area contributed by atoms with E-state index in [1.165, 1.54) is 0 Å². The Kier molecular flexibility index (Phi) is 5.02. The van der Waals surface area contributed by atoms with Crippen LogP contribution in [0.2, 0.25) is 0 Å². The molecule has 0 aliphatic carbocycles. The zero-order valence-corrected chi connectivity index (χ0v) is 15.1. The maximum absolute atomic E-state index is 12.9. The van der Waals surface area contributed by atoms with Crippen molar-refractivity contribution in [2.24, 2.45) is 0 Å². The van der Waals surface area contributed by atoms with Gasteiger partial charge >= 0.3 is 0 Å². The summed E-state index contributed by atoms with van der Waals surface area (Å²) in [6, 6.07) is 24.0. The molecule has 0 aliphatic rings. The SMILES string of the molecule is Cc1ccc(S(=O)(=O)NC(c2ccccc2)c2ccccc2)cc1C. The third kappa shape index (κ3) is 3.98. The molecule has 4 heteroatoms. The van der Waals surface area contributed by atoms with Gasteiger partial charge in [0.05, 0.1) is 10.9 Å². The van der Waals surface area contributed by atoms with Crippen molar-refractivity contribution in [2.75, 3.05) is 0 Å². The highest BCUT2D eigenvalue weighted by Crippen LogP contribution is 2.25. The molecule has 0 heterocycles. The molecule has 0 bridgehead atoms. The lowest BCUT2D eigenvalue weighted by Gasteiger charge is -2.20. The van der Waals surface area contributed by atoms with Crippen LogP contribution in [0.25, 0.3) is 0 Å². The van der Waals surface area contributed by atoms with E-state index in [0.717, 1.165) is 22.3 Å². The molecule has 0 fully saturated rings. The molecule has 25 heavy (non-hydrogen) atoms. The van der Waals surface area contributed by atoms with Gasteiger partial charge in [-0.3, -0.25) is 0 Å². The Labute approximate surface area is 149 Å². The second kappa shape index (κ2) is 7.21. The van der Waals surface area contributed by atoms with Gasteiger partial charge in [0, 0.05) is 0 Å². The highest BCUT2D eigenvalue weighted by Gasteiger charge is 2.23. The van der Waals surface area contributed by atoms with Crippen LogP contribution in [0.15, 0.2) is 83.8 Å². The summed E-state index contributed by atoms with van der Waals surface area (Å²) in [5.41, 5.74) is 3.84. The predicted octanol–water partition coefficient (Wildman–Crippen LogP) is 4.37. The zero-order chi connectivity index (χ0) is 17.9. The molecule has 0 amide bonds. The largest absolute Gasteiger partial charge is 0.241 e. The molecule has 3 rings (SSSR count). The van der Waals surface area contributed by atoms with Gasteiger partial charge in [0.1, 0.15) is 0 Å². The van der Waals surface area contributed by atoms with Gasteiger partial charge < -0.3 is 0 Å². The van der Waals surface area contributed by atoms with Crippen molar-refractivity contribution >= 4 is 10.0 Å².